The van der Waals surface area contributed by atoms with Crippen molar-refractivity contribution in [3.05, 3.63) is 24.3 Å². The van der Waals surface area contributed by atoms with E-state index in [4.69, 9.17) is 0 Å². The van der Waals surface area contributed by atoms with Crippen LogP contribution in [0.5, 0.6) is 0 Å². The molecule has 2 aromatic rings. The van der Waals surface area contributed by atoms with Gasteiger partial charge in [-0.05, 0) is 12.1 Å². The number of nitrogens with zero attached hydrogens (tertiary/aromatic N) is 2. The standard InChI is InChI=1S/C14H13N3O3S/c18-11(7-8-17-12(19)5-6-13(17)20)16-14-15-9-3-1-2-4-10(9)21-14/h1-4H,5-8H2,(H,15,16,18). The van der Waals surface area contributed by atoms with Crippen molar-refractivity contribution in [1.82, 2.24) is 9.88 Å². The maximum Gasteiger partial charge on any atom is 0.229 e. The number of carbonyl (C=O) groups excluding carboxylic acids is 3. The van der Waals surface area contributed by atoms with Crippen molar-refractivity contribution in [2.45, 2.75) is 19.3 Å². The quantitative estimate of drug-likeness (QED) is 0.873. The molecule has 1 aromatic carbocycles. The molecule has 6 nitrogen and oxygen atoms in total. The molecular formula is C14H13N3O3S. The van der Waals surface area contributed by atoms with Crippen LogP contribution in [0.4, 0.5) is 5.13 Å². The molecule has 0 aliphatic carbocycles. The Labute approximate surface area is 124 Å². The lowest BCUT2D eigenvalue weighted by atomic mass is 10.3. The van der Waals surface area contributed by atoms with E-state index in [0.29, 0.717) is 5.13 Å². The molecule has 0 unspecified atom stereocenters. The van der Waals surface area contributed by atoms with E-state index in [-0.39, 0.29) is 43.5 Å². The number of imide groups is 1. The van der Waals surface area contributed by atoms with Gasteiger partial charge in [-0.2, -0.15) is 0 Å². The highest BCUT2D eigenvalue weighted by atomic mass is 32.1. The number of hydrogen-bond acceptors (Lipinski definition) is 5. The fourth-order valence-corrected chi connectivity index (χ4v) is 3.08. The molecule has 0 radical (unpaired) electrons. The number of amides is 3. The summed E-state index contributed by atoms with van der Waals surface area (Å²) in [5, 5.41) is 3.23. The van der Waals surface area contributed by atoms with Gasteiger partial charge in [0.2, 0.25) is 17.7 Å². The first kappa shape index (κ1) is 13.7. The second kappa shape index (κ2) is 5.61. The van der Waals surface area contributed by atoms with Gasteiger partial charge in [-0.25, -0.2) is 4.98 Å². The maximum absolute atomic E-state index is 11.9. The highest BCUT2D eigenvalue weighted by molar-refractivity contribution is 7.22. The van der Waals surface area contributed by atoms with E-state index in [2.05, 4.69) is 10.3 Å². The van der Waals surface area contributed by atoms with E-state index in [0.717, 1.165) is 15.1 Å². The molecule has 3 rings (SSSR count). The van der Waals surface area contributed by atoms with Crippen LogP contribution in [-0.2, 0) is 14.4 Å². The van der Waals surface area contributed by atoms with E-state index in [9.17, 15) is 14.4 Å². The van der Waals surface area contributed by atoms with Gasteiger partial charge in [-0.3, -0.25) is 19.3 Å². The minimum Gasteiger partial charge on any atom is -0.302 e. The minimum absolute atomic E-state index is 0.0907. The molecule has 1 aromatic heterocycles. The number of benzene rings is 1. The summed E-state index contributed by atoms with van der Waals surface area (Å²) in [6.45, 7) is 0.133. The van der Waals surface area contributed by atoms with Gasteiger partial charge in [0.25, 0.3) is 0 Å². The summed E-state index contributed by atoms with van der Waals surface area (Å²) in [6.07, 6.45) is 0.587. The molecule has 0 atom stereocenters. The summed E-state index contributed by atoms with van der Waals surface area (Å²) >= 11 is 1.39. The van der Waals surface area contributed by atoms with Gasteiger partial charge in [0.15, 0.2) is 5.13 Å². The molecule has 2 heterocycles. The number of para-hydroxylation sites is 1. The number of fused-ring (bicyclic) bond motifs is 1. The van der Waals surface area contributed by atoms with Crippen LogP contribution in [0.15, 0.2) is 24.3 Å². The number of rotatable bonds is 4. The van der Waals surface area contributed by atoms with E-state index in [1.165, 1.54) is 11.3 Å². The molecule has 1 N–H and O–H groups in total. The fraction of sp³-hybridized carbons (Fsp3) is 0.286. The summed E-state index contributed by atoms with van der Waals surface area (Å²) in [5.74, 6) is -0.651. The summed E-state index contributed by atoms with van der Waals surface area (Å²) in [7, 11) is 0. The van der Waals surface area contributed by atoms with Crippen molar-refractivity contribution in [1.29, 1.82) is 0 Å². The molecular weight excluding hydrogens is 290 g/mol. The number of hydrogen-bond donors (Lipinski definition) is 1. The van der Waals surface area contributed by atoms with Gasteiger partial charge in [-0.1, -0.05) is 23.5 Å². The zero-order chi connectivity index (χ0) is 14.8. The Bertz CT molecular complexity index is 676. The summed E-state index contributed by atoms with van der Waals surface area (Å²) in [6, 6.07) is 7.61. The Hall–Kier alpha value is -2.28. The van der Waals surface area contributed by atoms with Gasteiger partial charge in [0, 0.05) is 25.8 Å². The van der Waals surface area contributed by atoms with Gasteiger partial charge in [-0.15, -0.1) is 0 Å². The molecule has 3 amide bonds. The number of nitrogens with one attached hydrogen (secondary N) is 1. The van der Waals surface area contributed by atoms with Crippen molar-refractivity contribution in [3.8, 4) is 0 Å². The van der Waals surface area contributed by atoms with Crippen LogP contribution in [0, 0.1) is 0 Å². The van der Waals surface area contributed by atoms with Gasteiger partial charge < -0.3 is 5.32 Å². The normalized spacial score (nSPS) is 15.0. The van der Waals surface area contributed by atoms with Crippen LogP contribution < -0.4 is 5.32 Å². The van der Waals surface area contributed by atoms with Crippen LogP contribution in [0.1, 0.15) is 19.3 Å². The zero-order valence-electron chi connectivity index (χ0n) is 11.2. The average Bonchev–Trinajstić information content (AvgIpc) is 3.00. The number of anilines is 1. The largest absolute Gasteiger partial charge is 0.302 e. The highest BCUT2D eigenvalue weighted by Crippen LogP contribution is 2.25. The van der Waals surface area contributed by atoms with E-state index in [1.54, 1.807) is 0 Å². The first-order valence-corrected chi connectivity index (χ1v) is 7.44. The Morgan fingerprint density at radius 3 is 2.67 bits per heavy atom. The zero-order valence-corrected chi connectivity index (χ0v) is 12.0. The lowest BCUT2D eigenvalue weighted by Crippen LogP contribution is -2.32. The predicted molar refractivity (Wildman–Crippen MR) is 78.8 cm³/mol. The summed E-state index contributed by atoms with van der Waals surface area (Å²) < 4.78 is 0.998. The number of thiazole rings is 1. The molecule has 108 valence electrons. The molecule has 0 saturated carbocycles. The Balaban J connectivity index is 1.59. The molecule has 7 heteroatoms. The van der Waals surface area contributed by atoms with E-state index >= 15 is 0 Å². The Kier molecular flexibility index (Phi) is 3.66. The molecule has 0 bridgehead atoms. The molecule has 1 aliphatic rings. The van der Waals surface area contributed by atoms with Crippen LogP contribution in [-0.4, -0.2) is 34.2 Å². The van der Waals surface area contributed by atoms with Crippen molar-refractivity contribution in [2.24, 2.45) is 0 Å². The van der Waals surface area contributed by atoms with E-state index in [1.807, 2.05) is 24.3 Å². The second-order valence-corrected chi connectivity index (χ2v) is 5.75. The fourth-order valence-electron chi connectivity index (χ4n) is 2.19. The van der Waals surface area contributed by atoms with Gasteiger partial charge in [0.05, 0.1) is 10.2 Å². The highest BCUT2D eigenvalue weighted by Gasteiger charge is 2.28. The average molecular weight is 303 g/mol. The van der Waals surface area contributed by atoms with Gasteiger partial charge in [0.1, 0.15) is 0 Å². The molecule has 1 aliphatic heterocycles. The molecule has 21 heavy (non-hydrogen) atoms. The monoisotopic (exact) mass is 303 g/mol. The third-order valence-corrected chi connectivity index (χ3v) is 4.21. The van der Waals surface area contributed by atoms with Crippen molar-refractivity contribution < 1.29 is 14.4 Å². The molecule has 0 spiro atoms. The van der Waals surface area contributed by atoms with E-state index < -0.39 is 0 Å². The van der Waals surface area contributed by atoms with Crippen LogP contribution in [0.3, 0.4) is 0 Å². The lowest BCUT2D eigenvalue weighted by Gasteiger charge is -2.12. The SMILES string of the molecule is O=C(CCN1C(=O)CCC1=O)Nc1nc2ccccc2s1. The van der Waals surface area contributed by atoms with Crippen molar-refractivity contribution in [3.63, 3.8) is 0 Å². The third-order valence-electron chi connectivity index (χ3n) is 3.26. The Morgan fingerprint density at radius 2 is 1.95 bits per heavy atom. The molecule has 1 fully saturated rings. The minimum atomic E-state index is -0.249. The van der Waals surface area contributed by atoms with Crippen molar-refractivity contribution in [2.75, 3.05) is 11.9 Å². The second-order valence-electron chi connectivity index (χ2n) is 4.72. The number of likely N-dealkylation sites (tertiary alicyclic amines) is 1. The number of aromatic nitrogens is 1. The van der Waals surface area contributed by atoms with Crippen molar-refractivity contribution >= 4 is 44.4 Å². The maximum atomic E-state index is 11.9. The lowest BCUT2D eigenvalue weighted by molar-refractivity contribution is -0.138. The molecule has 1 saturated heterocycles. The summed E-state index contributed by atoms with van der Waals surface area (Å²) in [4.78, 5) is 40.2. The third kappa shape index (κ3) is 2.92. The number of carbonyl (C=O) groups is 3. The topological polar surface area (TPSA) is 79.4 Å². The smallest absolute Gasteiger partial charge is 0.229 e. The first-order chi connectivity index (χ1) is 10.1. The first-order valence-electron chi connectivity index (χ1n) is 6.62. The van der Waals surface area contributed by atoms with Crippen LogP contribution in [0.25, 0.3) is 10.2 Å². The predicted octanol–water partition coefficient (Wildman–Crippen LogP) is 1.77. The van der Waals surface area contributed by atoms with Crippen LogP contribution in [0.2, 0.25) is 0 Å². The Morgan fingerprint density at radius 1 is 1.24 bits per heavy atom. The van der Waals surface area contributed by atoms with Crippen LogP contribution >= 0.6 is 11.3 Å². The van der Waals surface area contributed by atoms with Gasteiger partial charge >= 0.3 is 0 Å². The summed E-state index contributed by atoms with van der Waals surface area (Å²) in [5.41, 5.74) is 0.836.